The van der Waals surface area contributed by atoms with E-state index in [0.717, 1.165) is 0 Å². The molecular weight excluding hydrogens is 238 g/mol. The molecule has 0 heterocycles. The van der Waals surface area contributed by atoms with E-state index in [1.807, 2.05) is 6.92 Å². The van der Waals surface area contributed by atoms with Gasteiger partial charge in [0.05, 0.1) is 0 Å². The third-order valence-electron chi connectivity index (χ3n) is 2.08. The summed E-state index contributed by atoms with van der Waals surface area (Å²) in [6.07, 6.45) is 0.477. The molecule has 0 unspecified atom stereocenters. The lowest BCUT2D eigenvalue weighted by atomic mass is 10.2. The second-order valence-corrected chi connectivity index (χ2v) is 3.32. The molecule has 1 N–H and O–H groups in total. The van der Waals surface area contributed by atoms with Crippen LogP contribution in [-0.4, -0.2) is 19.8 Å². The Kier molecular flexibility index (Phi) is 5.21. The first-order valence-electron chi connectivity index (χ1n) is 5.22. The molecular formula is C11H13F4NO. The number of rotatable bonds is 6. The summed E-state index contributed by atoms with van der Waals surface area (Å²) in [6, 6.07) is 0.177. The summed E-state index contributed by atoms with van der Waals surface area (Å²) in [6.45, 7) is 2.92. The predicted octanol–water partition coefficient (Wildman–Crippen LogP) is 3.08. The zero-order valence-electron chi connectivity index (χ0n) is 9.33. The van der Waals surface area contributed by atoms with Crippen molar-refractivity contribution < 1.29 is 22.3 Å². The fraction of sp³-hybridized carbons (Fsp3) is 0.455. The maximum absolute atomic E-state index is 13.1. The Hall–Kier alpha value is -1.30. The van der Waals surface area contributed by atoms with Crippen molar-refractivity contribution in [3.8, 4) is 0 Å². The highest BCUT2D eigenvalue weighted by Gasteiger charge is 2.18. The minimum Gasteiger partial charge on any atom is -0.382 e. The van der Waals surface area contributed by atoms with E-state index in [1.54, 1.807) is 0 Å². The summed E-state index contributed by atoms with van der Waals surface area (Å²) in [7, 11) is 0. The van der Waals surface area contributed by atoms with E-state index in [4.69, 9.17) is 4.74 Å². The molecule has 0 saturated carbocycles. The Morgan fingerprint density at radius 2 is 1.71 bits per heavy atom. The molecule has 96 valence electrons. The molecule has 0 aromatic heterocycles. The molecule has 6 heteroatoms. The van der Waals surface area contributed by atoms with Crippen molar-refractivity contribution in [3.05, 3.63) is 29.3 Å². The largest absolute Gasteiger partial charge is 0.382 e. The second-order valence-electron chi connectivity index (χ2n) is 3.32. The molecule has 17 heavy (non-hydrogen) atoms. The first-order chi connectivity index (χ1) is 8.07. The smallest absolute Gasteiger partial charge is 0.185 e. The fourth-order valence-corrected chi connectivity index (χ4v) is 1.26. The normalized spacial score (nSPS) is 10.6. The van der Waals surface area contributed by atoms with Crippen LogP contribution in [0.25, 0.3) is 0 Å². The molecule has 0 aliphatic heterocycles. The standard InChI is InChI=1S/C11H13F4NO/c1-2-17-5-3-4-16-11-9(14)7(12)6-8(13)10(11)15/h6,16H,2-5H2,1H3. The maximum atomic E-state index is 13.1. The molecule has 0 spiro atoms. The van der Waals surface area contributed by atoms with Crippen molar-refractivity contribution in [3.63, 3.8) is 0 Å². The minimum absolute atomic E-state index is 0.163. The average Bonchev–Trinajstić information content (AvgIpc) is 2.30. The summed E-state index contributed by atoms with van der Waals surface area (Å²) in [5.74, 6) is -5.67. The Labute approximate surface area is 96.6 Å². The van der Waals surface area contributed by atoms with Crippen molar-refractivity contribution in [1.29, 1.82) is 0 Å². The van der Waals surface area contributed by atoms with Crippen molar-refractivity contribution >= 4 is 5.69 Å². The number of benzene rings is 1. The Morgan fingerprint density at radius 3 is 2.24 bits per heavy atom. The van der Waals surface area contributed by atoms with Crippen molar-refractivity contribution in [2.45, 2.75) is 13.3 Å². The van der Waals surface area contributed by atoms with Gasteiger partial charge in [0.25, 0.3) is 0 Å². The lowest BCUT2D eigenvalue weighted by Gasteiger charge is -2.09. The van der Waals surface area contributed by atoms with E-state index >= 15 is 0 Å². The highest BCUT2D eigenvalue weighted by Crippen LogP contribution is 2.23. The van der Waals surface area contributed by atoms with Gasteiger partial charge in [0.15, 0.2) is 23.3 Å². The third-order valence-corrected chi connectivity index (χ3v) is 2.08. The van der Waals surface area contributed by atoms with Crippen LogP contribution in [0.4, 0.5) is 23.2 Å². The molecule has 0 aliphatic carbocycles. The van der Waals surface area contributed by atoms with E-state index in [9.17, 15) is 17.6 Å². The van der Waals surface area contributed by atoms with Gasteiger partial charge in [0, 0.05) is 25.8 Å². The highest BCUT2D eigenvalue weighted by molar-refractivity contribution is 5.47. The Bertz CT molecular complexity index is 358. The van der Waals surface area contributed by atoms with Crippen LogP contribution < -0.4 is 5.32 Å². The van der Waals surface area contributed by atoms with Crippen LogP contribution in [0, 0.1) is 23.3 Å². The molecule has 0 saturated heterocycles. The molecule has 2 nitrogen and oxygen atoms in total. The highest BCUT2D eigenvalue weighted by atomic mass is 19.2. The van der Waals surface area contributed by atoms with Crippen molar-refractivity contribution in [2.75, 3.05) is 25.1 Å². The Morgan fingerprint density at radius 1 is 1.12 bits per heavy atom. The second kappa shape index (κ2) is 6.44. The number of ether oxygens (including phenoxy) is 1. The number of nitrogens with one attached hydrogen (secondary N) is 1. The van der Waals surface area contributed by atoms with Crippen LogP contribution >= 0.6 is 0 Å². The average molecular weight is 251 g/mol. The van der Waals surface area contributed by atoms with Gasteiger partial charge in [-0.15, -0.1) is 0 Å². The zero-order chi connectivity index (χ0) is 12.8. The summed E-state index contributed by atoms with van der Waals surface area (Å²) in [5.41, 5.74) is -0.779. The molecule has 0 fully saturated rings. The van der Waals surface area contributed by atoms with E-state index in [1.165, 1.54) is 0 Å². The van der Waals surface area contributed by atoms with Crippen LogP contribution in [0.3, 0.4) is 0 Å². The first kappa shape index (κ1) is 13.8. The summed E-state index contributed by atoms with van der Waals surface area (Å²) >= 11 is 0. The Balaban J connectivity index is 2.64. The topological polar surface area (TPSA) is 21.3 Å². The van der Waals surface area contributed by atoms with Crippen LogP contribution in [0.2, 0.25) is 0 Å². The molecule has 1 aromatic rings. The van der Waals surface area contributed by atoms with Crippen molar-refractivity contribution in [2.24, 2.45) is 0 Å². The molecule has 0 atom stereocenters. The SMILES string of the molecule is CCOCCCNc1c(F)c(F)cc(F)c1F. The van der Waals surface area contributed by atoms with E-state index in [2.05, 4.69) is 5.32 Å². The van der Waals surface area contributed by atoms with Gasteiger partial charge in [-0.2, -0.15) is 0 Å². The van der Waals surface area contributed by atoms with Gasteiger partial charge in [-0.05, 0) is 13.3 Å². The van der Waals surface area contributed by atoms with Gasteiger partial charge in [-0.25, -0.2) is 17.6 Å². The van der Waals surface area contributed by atoms with Gasteiger partial charge in [0.1, 0.15) is 5.69 Å². The molecule has 0 radical (unpaired) electrons. The van der Waals surface area contributed by atoms with Crippen LogP contribution in [-0.2, 0) is 4.74 Å². The monoisotopic (exact) mass is 251 g/mol. The molecule has 0 aliphatic rings. The molecule has 0 amide bonds. The quantitative estimate of drug-likeness (QED) is 0.476. The number of halogens is 4. The summed E-state index contributed by atoms with van der Waals surface area (Å²) in [5, 5.41) is 2.31. The zero-order valence-corrected chi connectivity index (χ0v) is 9.33. The van der Waals surface area contributed by atoms with Crippen LogP contribution in [0.1, 0.15) is 13.3 Å². The number of hydrogen-bond acceptors (Lipinski definition) is 2. The van der Waals surface area contributed by atoms with Gasteiger partial charge in [-0.3, -0.25) is 0 Å². The lowest BCUT2D eigenvalue weighted by Crippen LogP contribution is -2.10. The van der Waals surface area contributed by atoms with Gasteiger partial charge < -0.3 is 10.1 Å². The van der Waals surface area contributed by atoms with Gasteiger partial charge in [-0.1, -0.05) is 0 Å². The molecule has 0 bridgehead atoms. The number of anilines is 1. The first-order valence-corrected chi connectivity index (χ1v) is 5.22. The van der Waals surface area contributed by atoms with Gasteiger partial charge in [0.2, 0.25) is 0 Å². The van der Waals surface area contributed by atoms with Crippen LogP contribution in [0.15, 0.2) is 6.07 Å². The fourth-order valence-electron chi connectivity index (χ4n) is 1.26. The summed E-state index contributed by atoms with van der Waals surface area (Å²) in [4.78, 5) is 0. The minimum atomic E-state index is -1.42. The maximum Gasteiger partial charge on any atom is 0.185 e. The van der Waals surface area contributed by atoms with Crippen LogP contribution in [0.5, 0.6) is 0 Å². The van der Waals surface area contributed by atoms with Crippen molar-refractivity contribution in [1.82, 2.24) is 0 Å². The lowest BCUT2D eigenvalue weighted by molar-refractivity contribution is 0.147. The van der Waals surface area contributed by atoms with E-state index in [-0.39, 0.29) is 12.6 Å². The van der Waals surface area contributed by atoms with Gasteiger partial charge >= 0.3 is 0 Å². The number of hydrogen-bond donors (Lipinski definition) is 1. The molecule has 1 rings (SSSR count). The third kappa shape index (κ3) is 3.59. The van der Waals surface area contributed by atoms with E-state index < -0.39 is 29.0 Å². The van der Waals surface area contributed by atoms with E-state index in [0.29, 0.717) is 19.6 Å². The molecule has 1 aromatic carbocycles. The predicted molar refractivity (Wildman–Crippen MR) is 55.9 cm³/mol. The summed E-state index contributed by atoms with van der Waals surface area (Å²) < 4.78 is 56.9.